The summed E-state index contributed by atoms with van der Waals surface area (Å²) in [4.78, 5) is 21.8. The van der Waals surface area contributed by atoms with Crippen molar-refractivity contribution in [1.29, 1.82) is 0 Å². The Hall–Kier alpha value is -1.89. The molecule has 0 saturated carbocycles. The Balaban J connectivity index is 2.60. The minimum absolute atomic E-state index is 0.315. The molecule has 0 radical (unpaired) electrons. The van der Waals surface area contributed by atoms with Crippen LogP contribution in [-0.4, -0.2) is 44.5 Å². The number of aliphatic carboxylic acids is 1. The molecule has 1 heterocycles. The van der Waals surface area contributed by atoms with Gasteiger partial charge in [0.25, 0.3) is 5.91 Å². The Morgan fingerprint density at radius 3 is 2.69 bits per heavy atom. The Morgan fingerprint density at radius 1 is 1.62 bits per heavy atom. The molecule has 0 saturated heterocycles. The minimum Gasteiger partial charge on any atom is -0.479 e. The second-order valence-electron chi connectivity index (χ2n) is 3.36. The molecule has 0 unspecified atom stereocenters. The first-order chi connectivity index (χ1) is 7.41. The molecule has 1 aromatic rings. The van der Waals surface area contributed by atoms with E-state index in [9.17, 15) is 9.59 Å². The maximum absolute atomic E-state index is 11.5. The van der Waals surface area contributed by atoms with Gasteiger partial charge in [-0.2, -0.15) is 5.10 Å². The monoisotopic (exact) mass is 227 g/mol. The highest BCUT2D eigenvalue weighted by Crippen LogP contribution is 2.01. The Labute approximate surface area is 91.7 Å². The molecule has 7 nitrogen and oxygen atoms in total. The van der Waals surface area contributed by atoms with Gasteiger partial charge in [0.1, 0.15) is 5.69 Å². The molecule has 0 aliphatic carbocycles. The molecule has 0 aromatic carbocycles. The SMILES string of the molecule is Cc1cc(C(=O)NC[C@H](O)C(=O)O)n(C)n1. The zero-order chi connectivity index (χ0) is 12.3. The van der Waals surface area contributed by atoms with E-state index in [4.69, 9.17) is 10.2 Å². The van der Waals surface area contributed by atoms with Gasteiger partial charge in [0, 0.05) is 7.05 Å². The van der Waals surface area contributed by atoms with Crippen molar-refractivity contribution in [3.63, 3.8) is 0 Å². The van der Waals surface area contributed by atoms with E-state index in [1.54, 1.807) is 20.0 Å². The third-order valence-corrected chi connectivity index (χ3v) is 1.98. The Kier molecular flexibility index (Phi) is 3.62. The summed E-state index contributed by atoms with van der Waals surface area (Å²) in [6.45, 7) is 1.40. The number of amides is 1. The lowest BCUT2D eigenvalue weighted by molar-refractivity contribution is -0.146. The summed E-state index contributed by atoms with van der Waals surface area (Å²) < 4.78 is 1.39. The molecule has 3 N–H and O–H groups in total. The summed E-state index contributed by atoms with van der Waals surface area (Å²) in [6, 6.07) is 1.57. The lowest BCUT2D eigenvalue weighted by Gasteiger charge is -2.07. The predicted molar refractivity (Wildman–Crippen MR) is 53.9 cm³/mol. The van der Waals surface area contributed by atoms with Crippen LogP contribution in [-0.2, 0) is 11.8 Å². The number of nitrogens with zero attached hydrogens (tertiary/aromatic N) is 2. The number of nitrogens with one attached hydrogen (secondary N) is 1. The third kappa shape index (κ3) is 2.80. The molecule has 0 spiro atoms. The first-order valence-electron chi connectivity index (χ1n) is 4.61. The van der Waals surface area contributed by atoms with Crippen molar-refractivity contribution in [1.82, 2.24) is 15.1 Å². The highest BCUT2D eigenvalue weighted by atomic mass is 16.4. The quantitative estimate of drug-likeness (QED) is 0.606. The van der Waals surface area contributed by atoms with Crippen LogP contribution in [0.15, 0.2) is 6.07 Å². The van der Waals surface area contributed by atoms with Gasteiger partial charge in [0.05, 0.1) is 12.2 Å². The zero-order valence-electron chi connectivity index (χ0n) is 8.97. The molecule has 0 aliphatic heterocycles. The largest absolute Gasteiger partial charge is 0.479 e. The van der Waals surface area contributed by atoms with Crippen LogP contribution in [0, 0.1) is 6.92 Å². The summed E-state index contributed by atoms with van der Waals surface area (Å²) in [5, 5.41) is 23.6. The summed E-state index contributed by atoms with van der Waals surface area (Å²) in [6.07, 6.45) is -1.60. The number of aryl methyl sites for hydroxylation is 2. The van der Waals surface area contributed by atoms with Gasteiger partial charge < -0.3 is 15.5 Å². The van der Waals surface area contributed by atoms with Gasteiger partial charge in [-0.1, -0.05) is 0 Å². The molecule has 1 amide bonds. The average Bonchev–Trinajstić information content (AvgIpc) is 2.53. The molecule has 1 atom stereocenters. The van der Waals surface area contributed by atoms with Crippen molar-refractivity contribution in [2.24, 2.45) is 7.05 Å². The standard InChI is InChI=1S/C9H13N3O4/c1-5-3-6(12(2)11-5)8(14)10-4-7(13)9(15)16/h3,7,13H,4H2,1-2H3,(H,10,14)(H,15,16)/t7-/m0/s1. The Bertz CT molecular complexity index is 413. The van der Waals surface area contributed by atoms with E-state index >= 15 is 0 Å². The number of carboxylic acid groups (broad SMARTS) is 1. The van der Waals surface area contributed by atoms with Crippen LogP contribution in [0.4, 0.5) is 0 Å². The third-order valence-electron chi connectivity index (χ3n) is 1.98. The van der Waals surface area contributed by atoms with Gasteiger partial charge in [-0.15, -0.1) is 0 Å². The number of carbonyl (C=O) groups excluding carboxylic acids is 1. The second kappa shape index (κ2) is 4.75. The van der Waals surface area contributed by atoms with E-state index < -0.39 is 18.0 Å². The normalized spacial score (nSPS) is 12.2. The van der Waals surface area contributed by atoms with Crippen molar-refractivity contribution in [2.75, 3.05) is 6.54 Å². The molecule has 7 heteroatoms. The van der Waals surface area contributed by atoms with E-state index in [1.165, 1.54) is 4.68 Å². The molecule has 0 fully saturated rings. The van der Waals surface area contributed by atoms with Crippen LogP contribution in [0.25, 0.3) is 0 Å². The summed E-state index contributed by atoms with van der Waals surface area (Å²) in [7, 11) is 1.61. The second-order valence-corrected chi connectivity index (χ2v) is 3.36. The highest BCUT2D eigenvalue weighted by molar-refractivity contribution is 5.92. The van der Waals surface area contributed by atoms with Crippen molar-refractivity contribution < 1.29 is 19.8 Å². The zero-order valence-corrected chi connectivity index (χ0v) is 8.97. The van der Waals surface area contributed by atoms with Gasteiger partial charge in [-0.25, -0.2) is 4.79 Å². The van der Waals surface area contributed by atoms with E-state index in [2.05, 4.69) is 10.4 Å². The fourth-order valence-electron chi connectivity index (χ4n) is 1.19. The number of carbonyl (C=O) groups is 2. The Morgan fingerprint density at radius 2 is 2.25 bits per heavy atom. The molecular weight excluding hydrogens is 214 g/mol. The summed E-state index contributed by atoms with van der Waals surface area (Å²) in [5.41, 5.74) is 1.00. The minimum atomic E-state index is -1.60. The van der Waals surface area contributed by atoms with Crippen molar-refractivity contribution in [2.45, 2.75) is 13.0 Å². The van der Waals surface area contributed by atoms with Gasteiger partial charge in [0.2, 0.25) is 0 Å². The maximum Gasteiger partial charge on any atom is 0.334 e. The smallest absolute Gasteiger partial charge is 0.334 e. The van der Waals surface area contributed by atoms with Crippen LogP contribution in [0.3, 0.4) is 0 Å². The maximum atomic E-state index is 11.5. The van der Waals surface area contributed by atoms with Crippen LogP contribution in [0.2, 0.25) is 0 Å². The number of aliphatic hydroxyl groups is 1. The number of aromatic nitrogens is 2. The van der Waals surface area contributed by atoms with Crippen LogP contribution in [0.5, 0.6) is 0 Å². The number of rotatable bonds is 4. The molecular formula is C9H13N3O4. The number of hydrogen-bond donors (Lipinski definition) is 3. The van der Waals surface area contributed by atoms with Gasteiger partial charge in [-0.05, 0) is 13.0 Å². The fourth-order valence-corrected chi connectivity index (χ4v) is 1.19. The molecule has 1 rings (SSSR count). The van der Waals surface area contributed by atoms with Crippen LogP contribution >= 0.6 is 0 Å². The summed E-state index contributed by atoms with van der Waals surface area (Å²) >= 11 is 0. The predicted octanol–water partition coefficient (Wildman–Crippen LogP) is -1.10. The van der Waals surface area contributed by atoms with Gasteiger partial charge in [0.15, 0.2) is 6.10 Å². The lowest BCUT2D eigenvalue weighted by Crippen LogP contribution is -2.37. The molecule has 0 aliphatic rings. The van der Waals surface area contributed by atoms with Crippen LogP contribution in [0.1, 0.15) is 16.2 Å². The topological polar surface area (TPSA) is 104 Å². The van der Waals surface area contributed by atoms with E-state index in [1.807, 2.05) is 0 Å². The van der Waals surface area contributed by atoms with E-state index in [-0.39, 0.29) is 6.54 Å². The lowest BCUT2D eigenvalue weighted by atomic mass is 10.3. The van der Waals surface area contributed by atoms with Gasteiger partial charge >= 0.3 is 5.97 Å². The highest BCUT2D eigenvalue weighted by Gasteiger charge is 2.16. The fraction of sp³-hybridized carbons (Fsp3) is 0.444. The molecule has 88 valence electrons. The number of carboxylic acids is 1. The van der Waals surface area contributed by atoms with Crippen molar-refractivity contribution >= 4 is 11.9 Å². The average molecular weight is 227 g/mol. The van der Waals surface area contributed by atoms with E-state index in [0.29, 0.717) is 11.4 Å². The number of hydrogen-bond acceptors (Lipinski definition) is 4. The molecule has 0 bridgehead atoms. The summed E-state index contributed by atoms with van der Waals surface area (Å²) in [5.74, 6) is -1.84. The van der Waals surface area contributed by atoms with Crippen molar-refractivity contribution in [3.05, 3.63) is 17.5 Å². The molecule has 1 aromatic heterocycles. The van der Waals surface area contributed by atoms with Gasteiger partial charge in [-0.3, -0.25) is 9.48 Å². The van der Waals surface area contributed by atoms with E-state index in [0.717, 1.165) is 0 Å². The first-order valence-corrected chi connectivity index (χ1v) is 4.61. The van der Waals surface area contributed by atoms with Crippen LogP contribution < -0.4 is 5.32 Å². The van der Waals surface area contributed by atoms with Crippen molar-refractivity contribution in [3.8, 4) is 0 Å². The first kappa shape index (κ1) is 12.2. The number of aliphatic hydroxyl groups excluding tert-OH is 1. The molecule has 16 heavy (non-hydrogen) atoms.